The first-order valence-corrected chi connectivity index (χ1v) is 7.16. The van der Waals surface area contributed by atoms with E-state index in [1.807, 2.05) is 13.1 Å². The van der Waals surface area contributed by atoms with Gasteiger partial charge in [0.2, 0.25) is 0 Å². The van der Waals surface area contributed by atoms with E-state index >= 15 is 0 Å². The zero-order chi connectivity index (χ0) is 14.0. The van der Waals surface area contributed by atoms with E-state index in [-0.39, 0.29) is 5.41 Å². The number of methoxy groups -OCH3 is 1. The molecule has 0 heterocycles. The van der Waals surface area contributed by atoms with Crippen LogP contribution in [0, 0.1) is 5.92 Å². The van der Waals surface area contributed by atoms with Crippen LogP contribution in [-0.4, -0.2) is 20.7 Å². The first-order valence-electron chi connectivity index (χ1n) is 7.16. The summed E-state index contributed by atoms with van der Waals surface area (Å²) in [4.78, 5) is 0. The van der Waals surface area contributed by atoms with Crippen LogP contribution in [0.3, 0.4) is 0 Å². The van der Waals surface area contributed by atoms with Crippen LogP contribution in [0.15, 0.2) is 54.6 Å². The molecule has 1 aliphatic carbocycles. The second-order valence-electron chi connectivity index (χ2n) is 5.53. The minimum atomic E-state index is 0.152. The summed E-state index contributed by atoms with van der Waals surface area (Å²) in [6.07, 6.45) is 1.20. The Bertz CT molecular complexity index is 581. The molecule has 104 valence electrons. The number of benzene rings is 2. The molecule has 0 amide bonds. The second kappa shape index (κ2) is 5.29. The molecule has 0 aromatic heterocycles. The predicted octanol–water partition coefficient (Wildman–Crippen LogP) is 3.22. The van der Waals surface area contributed by atoms with Crippen molar-refractivity contribution in [3.05, 3.63) is 65.7 Å². The molecule has 0 bridgehead atoms. The number of rotatable bonds is 5. The molecule has 0 spiro atoms. The van der Waals surface area contributed by atoms with Crippen LogP contribution < -0.4 is 10.1 Å². The van der Waals surface area contributed by atoms with Crippen molar-refractivity contribution in [3.63, 3.8) is 0 Å². The highest BCUT2D eigenvalue weighted by atomic mass is 16.5. The van der Waals surface area contributed by atoms with Crippen molar-refractivity contribution < 1.29 is 4.74 Å². The summed E-state index contributed by atoms with van der Waals surface area (Å²) < 4.78 is 5.39. The number of ether oxygens (including phenoxy) is 1. The van der Waals surface area contributed by atoms with Crippen LogP contribution in [0.1, 0.15) is 17.5 Å². The van der Waals surface area contributed by atoms with Crippen LogP contribution in [-0.2, 0) is 5.41 Å². The Hall–Kier alpha value is -1.80. The van der Waals surface area contributed by atoms with Gasteiger partial charge in [0, 0.05) is 5.41 Å². The Morgan fingerprint density at radius 2 is 1.85 bits per heavy atom. The minimum absolute atomic E-state index is 0.152. The summed E-state index contributed by atoms with van der Waals surface area (Å²) >= 11 is 0. The lowest BCUT2D eigenvalue weighted by molar-refractivity contribution is 0.413. The number of hydrogen-bond acceptors (Lipinski definition) is 2. The minimum Gasteiger partial charge on any atom is -0.497 e. The van der Waals surface area contributed by atoms with Crippen molar-refractivity contribution in [2.75, 3.05) is 20.7 Å². The normalized spacial score (nSPS) is 24.4. The Balaban J connectivity index is 2.03. The molecule has 2 aromatic rings. The van der Waals surface area contributed by atoms with Gasteiger partial charge in [0.15, 0.2) is 0 Å². The molecule has 0 saturated heterocycles. The van der Waals surface area contributed by atoms with Gasteiger partial charge in [0.1, 0.15) is 5.75 Å². The maximum Gasteiger partial charge on any atom is 0.119 e. The van der Waals surface area contributed by atoms with Crippen LogP contribution in [0.5, 0.6) is 5.75 Å². The van der Waals surface area contributed by atoms with Crippen LogP contribution in [0.25, 0.3) is 0 Å². The van der Waals surface area contributed by atoms with Crippen molar-refractivity contribution >= 4 is 0 Å². The van der Waals surface area contributed by atoms with E-state index in [2.05, 4.69) is 53.8 Å². The van der Waals surface area contributed by atoms with Crippen molar-refractivity contribution in [2.24, 2.45) is 5.92 Å². The van der Waals surface area contributed by atoms with E-state index in [1.54, 1.807) is 7.11 Å². The van der Waals surface area contributed by atoms with E-state index in [0.717, 1.165) is 12.3 Å². The molecule has 1 saturated carbocycles. The van der Waals surface area contributed by atoms with Gasteiger partial charge < -0.3 is 10.1 Å². The van der Waals surface area contributed by atoms with Gasteiger partial charge in [0.05, 0.1) is 7.11 Å². The molecule has 1 N–H and O–H groups in total. The molecule has 0 aliphatic heterocycles. The molecule has 1 fully saturated rings. The van der Waals surface area contributed by atoms with Gasteiger partial charge in [0.25, 0.3) is 0 Å². The summed E-state index contributed by atoms with van der Waals surface area (Å²) in [5, 5.41) is 3.32. The topological polar surface area (TPSA) is 21.3 Å². The highest BCUT2D eigenvalue weighted by Gasteiger charge is 2.55. The molecule has 1 aliphatic rings. The fourth-order valence-electron chi connectivity index (χ4n) is 3.33. The summed E-state index contributed by atoms with van der Waals surface area (Å²) in [7, 11) is 3.76. The second-order valence-corrected chi connectivity index (χ2v) is 5.53. The lowest BCUT2D eigenvalue weighted by Crippen LogP contribution is -2.19. The average Bonchev–Trinajstić information content (AvgIpc) is 3.24. The lowest BCUT2D eigenvalue weighted by atomic mass is 9.85. The fraction of sp³-hybridized carbons (Fsp3) is 0.333. The Morgan fingerprint density at radius 3 is 2.55 bits per heavy atom. The van der Waals surface area contributed by atoms with Gasteiger partial charge in [-0.1, -0.05) is 42.5 Å². The Kier molecular flexibility index (Phi) is 3.49. The van der Waals surface area contributed by atoms with E-state index in [1.165, 1.54) is 17.5 Å². The molecule has 2 unspecified atom stereocenters. The maximum atomic E-state index is 5.39. The summed E-state index contributed by atoms with van der Waals surface area (Å²) in [6, 6.07) is 19.3. The smallest absolute Gasteiger partial charge is 0.119 e. The number of hydrogen-bond donors (Lipinski definition) is 1. The first kappa shape index (κ1) is 13.2. The third-order valence-electron chi connectivity index (χ3n) is 4.43. The zero-order valence-electron chi connectivity index (χ0n) is 12.1. The highest BCUT2D eigenvalue weighted by molar-refractivity contribution is 5.49. The Morgan fingerprint density at radius 1 is 1.10 bits per heavy atom. The molecule has 3 rings (SSSR count). The van der Waals surface area contributed by atoms with Gasteiger partial charge in [-0.05, 0) is 49.2 Å². The van der Waals surface area contributed by atoms with Gasteiger partial charge in [-0.15, -0.1) is 0 Å². The van der Waals surface area contributed by atoms with Crippen molar-refractivity contribution in [1.29, 1.82) is 0 Å². The molecular formula is C18H21NO. The lowest BCUT2D eigenvalue weighted by Gasteiger charge is -2.20. The van der Waals surface area contributed by atoms with Crippen molar-refractivity contribution in [3.8, 4) is 5.75 Å². The summed E-state index contributed by atoms with van der Waals surface area (Å²) in [6.45, 7) is 1.05. The van der Waals surface area contributed by atoms with Crippen molar-refractivity contribution in [2.45, 2.75) is 11.8 Å². The monoisotopic (exact) mass is 267 g/mol. The van der Waals surface area contributed by atoms with Crippen LogP contribution in [0.4, 0.5) is 0 Å². The van der Waals surface area contributed by atoms with E-state index in [4.69, 9.17) is 4.74 Å². The average molecular weight is 267 g/mol. The quantitative estimate of drug-likeness (QED) is 0.898. The maximum absolute atomic E-state index is 5.39. The first-order chi connectivity index (χ1) is 9.81. The summed E-state index contributed by atoms with van der Waals surface area (Å²) in [5.41, 5.74) is 2.93. The molecule has 2 aromatic carbocycles. The molecule has 2 atom stereocenters. The van der Waals surface area contributed by atoms with Gasteiger partial charge >= 0.3 is 0 Å². The fourth-order valence-corrected chi connectivity index (χ4v) is 3.33. The van der Waals surface area contributed by atoms with E-state index < -0.39 is 0 Å². The molecule has 20 heavy (non-hydrogen) atoms. The third kappa shape index (κ3) is 2.10. The number of nitrogens with one attached hydrogen (secondary N) is 1. The van der Waals surface area contributed by atoms with Crippen LogP contribution in [0.2, 0.25) is 0 Å². The predicted molar refractivity (Wildman–Crippen MR) is 82.2 cm³/mol. The Labute approximate surface area is 120 Å². The van der Waals surface area contributed by atoms with Gasteiger partial charge in [-0.2, -0.15) is 0 Å². The zero-order valence-corrected chi connectivity index (χ0v) is 12.1. The van der Waals surface area contributed by atoms with Crippen LogP contribution >= 0.6 is 0 Å². The molecule has 0 radical (unpaired) electrons. The third-order valence-corrected chi connectivity index (χ3v) is 4.43. The molecule has 2 heteroatoms. The molecule has 2 nitrogen and oxygen atoms in total. The molecular weight excluding hydrogens is 246 g/mol. The largest absolute Gasteiger partial charge is 0.497 e. The summed E-state index contributed by atoms with van der Waals surface area (Å²) in [5.74, 6) is 1.59. The highest BCUT2D eigenvalue weighted by Crippen LogP contribution is 2.58. The van der Waals surface area contributed by atoms with Gasteiger partial charge in [-0.25, -0.2) is 0 Å². The standard InChI is InChI=1S/C18H21NO/c1-19-13-16-12-18(16,14-7-4-3-5-8-14)15-9-6-10-17(11-15)20-2/h3-11,16,19H,12-13H2,1-2H3. The van der Waals surface area contributed by atoms with Gasteiger partial charge in [-0.3, -0.25) is 0 Å². The SMILES string of the molecule is CNCC1CC1(c1ccccc1)c1cccc(OC)c1. The van der Waals surface area contributed by atoms with E-state index in [0.29, 0.717) is 5.92 Å². The van der Waals surface area contributed by atoms with E-state index in [9.17, 15) is 0 Å². The van der Waals surface area contributed by atoms with Crippen molar-refractivity contribution in [1.82, 2.24) is 5.32 Å².